The lowest BCUT2D eigenvalue weighted by Gasteiger charge is -2.26. The lowest BCUT2D eigenvalue weighted by Crippen LogP contribution is -2.35. The predicted molar refractivity (Wildman–Crippen MR) is 88.2 cm³/mol. The zero-order valence-electron chi connectivity index (χ0n) is 13.7. The van der Waals surface area contributed by atoms with Crippen LogP contribution in [0.4, 0.5) is 10.5 Å². The van der Waals surface area contributed by atoms with Crippen LogP contribution in [0.1, 0.15) is 31.4 Å². The van der Waals surface area contributed by atoms with Gasteiger partial charge in [-0.2, -0.15) is 0 Å². The Morgan fingerprint density at radius 1 is 1.43 bits per heavy atom. The molecule has 0 fully saturated rings. The number of hydrogen-bond acceptors (Lipinski definition) is 4. The third kappa shape index (κ3) is 4.31. The van der Waals surface area contributed by atoms with Crippen LogP contribution in [0.2, 0.25) is 0 Å². The average molecular weight is 318 g/mol. The Morgan fingerprint density at radius 3 is 2.70 bits per heavy atom. The minimum absolute atomic E-state index is 0.129. The van der Waals surface area contributed by atoms with Crippen molar-refractivity contribution in [2.24, 2.45) is 5.92 Å². The van der Waals surface area contributed by atoms with Crippen molar-refractivity contribution in [3.63, 3.8) is 0 Å². The topological polar surface area (TPSA) is 72.7 Å². The molecule has 1 aromatic carbocycles. The minimum atomic E-state index is -0.374. The summed E-state index contributed by atoms with van der Waals surface area (Å²) in [4.78, 5) is 24.1. The maximum absolute atomic E-state index is 11.9. The number of aryl methyl sites for hydroxylation is 1. The summed E-state index contributed by atoms with van der Waals surface area (Å²) in [5.74, 6) is 0.318. The number of benzene rings is 1. The highest BCUT2D eigenvalue weighted by molar-refractivity contribution is 5.73. The third-order valence-electron chi connectivity index (χ3n) is 3.77. The van der Waals surface area contributed by atoms with Crippen molar-refractivity contribution in [2.75, 3.05) is 19.7 Å². The van der Waals surface area contributed by atoms with Crippen LogP contribution in [-0.2, 0) is 4.74 Å². The summed E-state index contributed by atoms with van der Waals surface area (Å²) < 4.78 is 5.23. The Hall–Kier alpha value is -2.37. The van der Waals surface area contributed by atoms with Gasteiger partial charge in [-0.05, 0) is 42.5 Å². The molecule has 6 nitrogen and oxygen atoms in total. The number of nitro benzene ring substituents is 1. The van der Waals surface area contributed by atoms with Crippen molar-refractivity contribution in [3.05, 3.63) is 45.5 Å². The average Bonchev–Trinajstić information content (AvgIpc) is 2.52. The van der Waals surface area contributed by atoms with Crippen LogP contribution in [0.15, 0.2) is 24.3 Å². The molecule has 2 rings (SSSR count). The number of hydrogen-bond donors (Lipinski definition) is 0. The van der Waals surface area contributed by atoms with Crippen molar-refractivity contribution in [1.82, 2.24) is 4.90 Å². The van der Waals surface area contributed by atoms with Gasteiger partial charge in [0.05, 0.1) is 11.5 Å². The fraction of sp³-hybridized carbons (Fsp3) is 0.471. The molecule has 6 heteroatoms. The van der Waals surface area contributed by atoms with Gasteiger partial charge in [-0.3, -0.25) is 10.1 Å². The Morgan fingerprint density at radius 2 is 2.17 bits per heavy atom. The number of amides is 1. The molecule has 1 heterocycles. The predicted octanol–water partition coefficient (Wildman–Crippen LogP) is 3.78. The maximum atomic E-state index is 11.9. The highest BCUT2D eigenvalue weighted by Crippen LogP contribution is 2.27. The molecular weight excluding hydrogens is 296 g/mol. The number of rotatable bonds is 4. The Balaban J connectivity index is 2.03. The number of nitro groups is 1. The van der Waals surface area contributed by atoms with E-state index in [-0.39, 0.29) is 16.7 Å². The molecule has 23 heavy (non-hydrogen) atoms. The summed E-state index contributed by atoms with van der Waals surface area (Å²) in [7, 11) is 0. The van der Waals surface area contributed by atoms with E-state index in [1.165, 1.54) is 6.07 Å². The van der Waals surface area contributed by atoms with E-state index in [1.54, 1.807) is 17.9 Å². The zero-order chi connectivity index (χ0) is 17.0. The summed E-state index contributed by atoms with van der Waals surface area (Å²) in [6.45, 7) is 7.26. The van der Waals surface area contributed by atoms with Crippen molar-refractivity contribution < 1.29 is 14.5 Å². The molecule has 0 radical (unpaired) electrons. The van der Waals surface area contributed by atoms with Gasteiger partial charge in [-0.1, -0.05) is 19.9 Å². The normalized spacial score (nSPS) is 14.6. The lowest BCUT2D eigenvalue weighted by atomic mass is 9.97. The number of ether oxygens (including phenoxy) is 1. The minimum Gasteiger partial charge on any atom is -0.449 e. The van der Waals surface area contributed by atoms with E-state index in [9.17, 15) is 14.9 Å². The quantitative estimate of drug-likeness (QED) is 0.625. The molecule has 0 unspecified atom stereocenters. The molecule has 0 N–H and O–H groups in total. The van der Waals surface area contributed by atoms with Gasteiger partial charge in [0.2, 0.25) is 0 Å². The van der Waals surface area contributed by atoms with Crippen LogP contribution in [0.5, 0.6) is 0 Å². The fourth-order valence-corrected chi connectivity index (χ4v) is 2.49. The SMILES string of the molecule is Cc1cc(C2=CCN(C(=O)OCC(C)C)CC2)ccc1[N+](=O)[O-]. The van der Waals surface area contributed by atoms with E-state index in [4.69, 9.17) is 4.74 Å². The van der Waals surface area contributed by atoms with Crippen molar-refractivity contribution in [2.45, 2.75) is 27.2 Å². The number of carbonyl (C=O) groups excluding carboxylic acids is 1. The monoisotopic (exact) mass is 318 g/mol. The molecule has 1 aliphatic heterocycles. The van der Waals surface area contributed by atoms with Gasteiger partial charge in [-0.15, -0.1) is 0 Å². The van der Waals surface area contributed by atoms with Crippen LogP contribution in [0.25, 0.3) is 5.57 Å². The molecule has 1 aliphatic rings. The maximum Gasteiger partial charge on any atom is 0.410 e. The highest BCUT2D eigenvalue weighted by Gasteiger charge is 2.20. The third-order valence-corrected chi connectivity index (χ3v) is 3.77. The van der Waals surface area contributed by atoms with E-state index in [0.717, 1.165) is 11.1 Å². The molecular formula is C17H22N2O4. The molecule has 124 valence electrons. The van der Waals surface area contributed by atoms with Crippen molar-refractivity contribution >= 4 is 17.4 Å². The molecule has 0 bridgehead atoms. The van der Waals surface area contributed by atoms with Gasteiger partial charge in [0.15, 0.2) is 0 Å². The number of carbonyl (C=O) groups is 1. The summed E-state index contributed by atoms with van der Waals surface area (Å²) in [5, 5.41) is 10.9. The summed E-state index contributed by atoms with van der Waals surface area (Å²) in [6.07, 6.45) is 2.42. The van der Waals surface area contributed by atoms with E-state index in [1.807, 2.05) is 26.0 Å². The van der Waals surface area contributed by atoms with Crippen molar-refractivity contribution in [3.8, 4) is 0 Å². The molecule has 1 amide bonds. The summed E-state index contributed by atoms with van der Waals surface area (Å²) in [5.41, 5.74) is 2.86. The molecule has 0 aliphatic carbocycles. The molecule has 0 saturated carbocycles. The molecule has 0 saturated heterocycles. The van der Waals surface area contributed by atoms with Gasteiger partial charge in [-0.25, -0.2) is 4.79 Å². The van der Waals surface area contributed by atoms with Crippen LogP contribution < -0.4 is 0 Å². The van der Waals surface area contributed by atoms with Crippen LogP contribution in [-0.4, -0.2) is 35.6 Å². The van der Waals surface area contributed by atoms with E-state index in [2.05, 4.69) is 0 Å². The Bertz CT molecular complexity index is 637. The van der Waals surface area contributed by atoms with E-state index < -0.39 is 0 Å². The fourth-order valence-electron chi connectivity index (χ4n) is 2.49. The first-order valence-corrected chi connectivity index (χ1v) is 7.74. The first-order chi connectivity index (χ1) is 10.9. The summed E-state index contributed by atoms with van der Waals surface area (Å²) >= 11 is 0. The highest BCUT2D eigenvalue weighted by atomic mass is 16.6. The van der Waals surface area contributed by atoms with Crippen molar-refractivity contribution in [1.29, 1.82) is 0 Å². The number of nitrogens with zero attached hydrogens (tertiary/aromatic N) is 2. The molecule has 0 spiro atoms. The molecule has 0 atom stereocenters. The largest absolute Gasteiger partial charge is 0.449 e. The lowest BCUT2D eigenvalue weighted by molar-refractivity contribution is -0.385. The first kappa shape index (κ1) is 17.0. The second kappa shape index (κ2) is 7.26. The Labute approximate surface area is 135 Å². The van der Waals surface area contributed by atoms with Gasteiger partial charge in [0.25, 0.3) is 5.69 Å². The van der Waals surface area contributed by atoms with Gasteiger partial charge < -0.3 is 9.64 Å². The van der Waals surface area contributed by atoms with Crippen LogP contribution in [0.3, 0.4) is 0 Å². The molecule has 1 aromatic rings. The first-order valence-electron chi connectivity index (χ1n) is 7.74. The molecule has 0 aromatic heterocycles. The van der Waals surface area contributed by atoms with Gasteiger partial charge in [0, 0.05) is 24.7 Å². The summed E-state index contributed by atoms with van der Waals surface area (Å²) in [6, 6.07) is 5.13. The second-order valence-corrected chi connectivity index (χ2v) is 6.15. The Kier molecular flexibility index (Phi) is 5.36. The van der Waals surface area contributed by atoms with Crippen LogP contribution in [0, 0.1) is 23.0 Å². The second-order valence-electron chi connectivity index (χ2n) is 6.15. The van der Waals surface area contributed by atoms with E-state index in [0.29, 0.717) is 37.6 Å². The standard InChI is InChI=1S/C17H22N2O4/c1-12(2)11-23-17(20)18-8-6-14(7-9-18)15-4-5-16(19(21)22)13(3)10-15/h4-6,10,12H,7-9,11H2,1-3H3. The van der Waals surface area contributed by atoms with Gasteiger partial charge >= 0.3 is 6.09 Å². The zero-order valence-corrected chi connectivity index (χ0v) is 13.7. The van der Waals surface area contributed by atoms with E-state index >= 15 is 0 Å². The smallest absolute Gasteiger partial charge is 0.410 e. The van der Waals surface area contributed by atoms with Crippen LogP contribution >= 0.6 is 0 Å². The van der Waals surface area contributed by atoms with Gasteiger partial charge in [0.1, 0.15) is 0 Å².